The fraction of sp³-hybridized carbons (Fsp3) is 0.917. The maximum absolute atomic E-state index is 11.8. The zero-order valence-corrected chi connectivity index (χ0v) is 11.1. The Kier molecular flexibility index (Phi) is 5.65. The van der Waals surface area contributed by atoms with E-state index in [4.69, 9.17) is 4.74 Å². The van der Waals surface area contributed by atoms with E-state index >= 15 is 0 Å². The van der Waals surface area contributed by atoms with Gasteiger partial charge in [0.1, 0.15) is 0 Å². The van der Waals surface area contributed by atoms with Gasteiger partial charge in [-0.3, -0.25) is 4.79 Å². The molecule has 0 N–H and O–H groups in total. The highest BCUT2D eigenvalue weighted by molar-refractivity contribution is 9.09. The van der Waals surface area contributed by atoms with E-state index in [9.17, 15) is 4.79 Å². The number of unbranched alkanes of at least 4 members (excludes halogenated alkanes) is 1. The van der Waals surface area contributed by atoms with Crippen molar-refractivity contribution in [1.82, 2.24) is 0 Å². The highest BCUT2D eigenvalue weighted by atomic mass is 79.9. The molecular weight excluding hydrogens is 256 g/mol. The fourth-order valence-corrected chi connectivity index (χ4v) is 2.96. The van der Waals surface area contributed by atoms with Gasteiger partial charge >= 0.3 is 5.97 Å². The van der Waals surface area contributed by atoms with E-state index in [0.717, 1.165) is 37.4 Å². The molecule has 15 heavy (non-hydrogen) atoms. The monoisotopic (exact) mass is 276 g/mol. The Morgan fingerprint density at radius 2 is 1.93 bits per heavy atom. The van der Waals surface area contributed by atoms with Crippen LogP contribution in [-0.2, 0) is 9.53 Å². The van der Waals surface area contributed by atoms with Crippen molar-refractivity contribution < 1.29 is 9.53 Å². The second kappa shape index (κ2) is 6.51. The van der Waals surface area contributed by atoms with Gasteiger partial charge in [-0.2, -0.15) is 0 Å². The molecule has 0 aliphatic heterocycles. The van der Waals surface area contributed by atoms with E-state index in [2.05, 4.69) is 15.9 Å². The van der Waals surface area contributed by atoms with Crippen LogP contribution in [0.4, 0.5) is 0 Å². The molecule has 0 atom stereocenters. The van der Waals surface area contributed by atoms with Gasteiger partial charge in [0.15, 0.2) is 0 Å². The lowest BCUT2D eigenvalue weighted by molar-refractivity contribution is -0.155. The molecule has 0 saturated heterocycles. The number of halogens is 1. The molecule has 2 nitrogen and oxygen atoms in total. The maximum atomic E-state index is 11.8. The van der Waals surface area contributed by atoms with Crippen LogP contribution in [-0.4, -0.2) is 18.4 Å². The van der Waals surface area contributed by atoms with E-state index in [1.807, 2.05) is 0 Å². The summed E-state index contributed by atoms with van der Waals surface area (Å²) in [7, 11) is 1.52. The molecular formula is C12H21BrO2. The second-order valence-corrected chi connectivity index (χ2v) is 5.27. The van der Waals surface area contributed by atoms with Gasteiger partial charge < -0.3 is 4.74 Å². The van der Waals surface area contributed by atoms with Gasteiger partial charge in [-0.25, -0.2) is 0 Å². The van der Waals surface area contributed by atoms with Crippen molar-refractivity contribution in [3.8, 4) is 0 Å². The third-order valence-electron chi connectivity index (χ3n) is 3.47. The number of hydrogen-bond acceptors (Lipinski definition) is 2. The molecule has 1 rings (SSSR count). The van der Waals surface area contributed by atoms with Crippen LogP contribution in [0.25, 0.3) is 0 Å². The minimum absolute atomic E-state index is 0.0248. The lowest BCUT2D eigenvalue weighted by Gasteiger charge is -2.34. The molecule has 1 aliphatic rings. The number of rotatable bonds is 5. The molecule has 0 aromatic heterocycles. The van der Waals surface area contributed by atoms with Crippen LogP contribution in [0.1, 0.15) is 51.4 Å². The normalized spacial score (nSPS) is 19.9. The van der Waals surface area contributed by atoms with Crippen LogP contribution >= 0.6 is 15.9 Å². The third-order valence-corrected chi connectivity index (χ3v) is 4.03. The van der Waals surface area contributed by atoms with Crippen LogP contribution in [0.5, 0.6) is 0 Å². The minimum Gasteiger partial charge on any atom is -0.469 e. The molecule has 0 aromatic carbocycles. The SMILES string of the molecule is COC(=O)C1(CCCCBr)CCCCC1. The summed E-state index contributed by atoms with van der Waals surface area (Å²) in [5.41, 5.74) is -0.144. The Labute approximate surface area is 101 Å². The topological polar surface area (TPSA) is 26.3 Å². The Balaban J connectivity index is 2.54. The van der Waals surface area contributed by atoms with E-state index in [0.29, 0.717) is 0 Å². The number of carbonyl (C=O) groups excluding carboxylic acids is 1. The summed E-state index contributed by atoms with van der Waals surface area (Å²) in [4.78, 5) is 11.8. The summed E-state index contributed by atoms with van der Waals surface area (Å²) in [5, 5.41) is 1.03. The predicted octanol–water partition coefficient (Wildman–Crippen LogP) is 3.68. The van der Waals surface area contributed by atoms with Crippen molar-refractivity contribution in [2.24, 2.45) is 5.41 Å². The van der Waals surface area contributed by atoms with Gasteiger partial charge in [0.05, 0.1) is 12.5 Å². The first kappa shape index (κ1) is 13.0. The number of ether oxygens (including phenoxy) is 1. The van der Waals surface area contributed by atoms with Gasteiger partial charge in [0.25, 0.3) is 0 Å². The molecule has 0 unspecified atom stereocenters. The molecule has 3 heteroatoms. The summed E-state index contributed by atoms with van der Waals surface area (Å²) in [6, 6.07) is 0. The Morgan fingerprint density at radius 1 is 1.27 bits per heavy atom. The average Bonchev–Trinajstić information content (AvgIpc) is 2.29. The van der Waals surface area contributed by atoms with Crippen LogP contribution in [0.3, 0.4) is 0 Å². The molecule has 88 valence electrons. The number of carbonyl (C=O) groups is 1. The van der Waals surface area contributed by atoms with Gasteiger partial charge in [0, 0.05) is 5.33 Å². The van der Waals surface area contributed by atoms with Crippen molar-refractivity contribution in [2.45, 2.75) is 51.4 Å². The smallest absolute Gasteiger partial charge is 0.311 e. The van der Waals surface area contributed by atoms with Crippen molar-refractivity contribution >= 4 is 21.9 Å². The highest BCUT2D eigenvalue weighted by Gasteiger charge is 2.39. The number of hydrogen-bond donors (Lipinski definition) is 0. The molecule has 0 amide bonds. The number of methoxy groups -OCH3 is 1. The van der Waals surface area contributed by atoms with Crippen LogP contribution in [0.2, 0.25) is 0 Å². The highest BCUT2D eigenvalue weighted by Crippen LogP contribution is 2.41. The lowest BCUT2D eigenvalue weighted by Crippen LogP contribution is -2.34. The lowest BCUT2D eigenvalue weighted by atomic mass is 9.71. The second-order valence-electron chi connectivity index (χ2n) is 4.48. The van der Waals surface area contributed by atoms with Gasteiger partial charge in [-0.05, 0) is 25.7 Å². The Bertz CT molecular complexity index is 198. The first-order valence-corrected chi connectivity index (χ1v) is 7.02. The largest absolute Gasteiger partial charge is 0.469 e. The first-order valence-electron chi connectivity index (χ1n) is 5.89. The van der Waals surface area contributed by atoms with E-state index in [1.165, 1.54) is 26.4 Å². The molecule has 0 aromatic rings. The summed E-state index contributed by atoms with van der Waals surface area (Å²) in [5.74, 6) is 0.0248. The third kappa shape index (κ3) is 3.47. The zero-order valence-electron chi connectivity index (χ0n) is 9.56. The molecule has 1 aliphatic carbocycles. The summed E-state index contributed by atoms with van der Waals surface area (Å²) >= 11 is 3.43. The van der Waals surface area contributed by atoms with Gasteiger partial charge in [0.2, 0.25) is 0 Å². The zero-order chi connectivity index (χ0) is 11.1. The maximum Gasteiger partial charge on any atom is 0.311 e. The summed E-state index contributed by atoms with van der Waals surface area (Å²) in [6.07, 6.45) is 8.98. The van der Waals surface area contributed by atoms with Crippen LogP contribution in [0.15, 0.2) is 0 Å². The molecule has 0 radical (unpaired) electrons. The van der Waals surface area contributed by atoms with E-state index < -0.39 is 0 Å². The summed E-state index contributed by atoms with van der Waals surface area (Å²) < 4.78 is 4.97. The molecule has 0 bridgehead atoms. The van der Waals surface area contributed by atoms with E-state index in [-0.39, 0.29) is 11.4 Å². The molecule has 1 fully saturated rings. The molecule has 0 spiro atoms. The molecule has 0 heterocycles. The van der Waals surface area contributed by atoms with Crippen LogP contribution in [0, 0.1) is 5.41 Å². The van der Waals surface area contributed by atoms with Gasteiger partial charge in [-0.15, -0.1) is 0 Å². The number of esters is 1. The number of alkyl halides is 1. The standard InChI is InChI=1S/C12H21BrO2/c1-15-11(14)12(9-5-6-10-13)7-3-2-4-8-12/h2-10H2,1H3. The van der Waals surface area contributed by atoms with E-state index in [1.54, 1.807) is 0 Å². The summed E-state index contributed by atoms with van der Waals surface area (Å²) in [6.45, 7) is 0. The first-order chi connectivity index (χ1) is 7.25. The average molecular weight is 277 g/mol. The Hall–Kier alpha value is -0.0500. The minimum atomic E-state index is -0.144. The Morgan fingerprint density at radius 3 is 2.47 bits per heavy atom. The van der Waals surface area contributed by atoms with Crippen molar-refractivity contribution in [3.63, 3.8) is 0 Å². The van der Waals surface area contributed by atoms with Crippen molar-refractivity contribution in [2.75, 3.05) is 12.4 Å². The predicted molar refractivity (Wildman–Crippen MR) is 65.2 cm³/mol. The fourth-order valence-electron chi connectivity index (χ4n) is 2.56. The van der Waals surface area contributed by atoms with Crippen LogP contribution < -0.4 is 0 Å². The van der Waals surface area contributed by atoms with Gasteiger partial charge in [-0.1, -0.05) is 41.6 Å². The van der Waals surface area contributed by atoms with Crippen molar-refractivity contribution in [3.05, 3.63) is 0 Å². The quantitative estimate of drug-likeness (QED) is 0.435. The van der Waals surface area contributed by atoms with Crippen molar-refractivity contribution in [1.29, 1.82) is 0 Å². The molecule has 1 saturated carbocycles.